The third-order valence-electron chi connectivity index (χ3n) is 3.46. The second-order valence-electron chi connectivity index (χ2n) is 5.19. The van der Waals surface area contributed by atoms with Gasteiger partial charge in [-0.05, 0) is 30.0 Å². The average molecular weight is 462 g/mol. The van der Waals surface area contributed by atoms with E-state index in [-0.39, 0.29) is 74.2 Å². The van der Waals surface area contributed by atoms with Crippen molar-refractivity contribution in [2.75, 3.05) is 0 Å². The smallest absolute Gasteiger partial charge is 1.00 e. The van der Waals surface area contributed by atoms with E-state index in [9.17, 15) is 0 Å². The van der Waals surface area contributed by atoms with Gasteiger partial charge in [0.1, 0.15) is 0 Å². The van der Waals surface area contributed by atoms with E-state index >= 15 is 0 Å². The van der Waals surface area contributed by atoms with E-state index in [0.29, 0.717) is 0 Å². The Labute approximate surface area is 225 Å². The van der Waals surface area contributed by atoms with Crippen LogP contribution in [0.3, 0.4) is 0 Å². The van der Waals surface area contributed by atoms with E-state index in [4.69, 9.17) is 11.6 Å². The number of nitrogens with zero attached hydrogens (tertiary/aromatic N) is 2. The molecule has 2 nitrogen and oxygen atoms in total. The summed E-state index contributed by atoms with van der Waals surface area (Å²) in [6.45, 7) is 0. The predicted octanol–water partition coefficient (Wildman–Crippen LogP) is -2.78. The molecule has 30 heavy (non-hydrogen) atoms. The Morgan fingerprint density at radius 3 is 1.70 bits per heavy atom. The van der Waals surface area contributed by atoms with Crippen LogP contribution in [0.4, 0.5) is 0 Å². The Balaban J connectivity index is -0.000000417. The number of hydrogen-bond donors (Lipinski definition) is 0. The van der Waals surface area contributed by atoms with E-state index in [2.05, 4.69) is 16.0 Å². The Bertz CT molecular complexity index is 877. The number of rotatable bonds is 2. The monoisotopic (exact) mass is 460 g/mol. The van der Waals surface area contributed by atoms with Crippen LogP contribution in [0.25, 0.3) is 22.5 Å². The molecule has 4 rings (SSSR count). The molecule has 0 atom stereocenters. The molecule has 2 heterocycles. The second-order valence-corrected chi connectivity index (χ2v) is 5.59. The maximum Gasteiger partial charge on any atom is 2.00 e. The first-order chi connectivity index (χ1) is 12.3. The summed E-state index contributed by atoms with van der Waals surface area (Å²) in [4.78, 5) is 8.44. The minimum atomic E-state index is 0. The van der Waals surface area contributed by atoms with Crippen molar-refractivity contribution in [2.45, 2.75) is 7.43 Å². The van der Waals surface area contributed by atoms with Gasteiger partial charge in [-0.25, -0.2) is 0 Å². The molecule has 0 saturated heterocycles. The average Bonchev–Trinajstić information content (AvgIpc) is 2.71. The van der Waals surface area contributed by atoms with Crippen LogP contribution in [0, 0.1) is 6.07 Å². The number of hydrogen-bond acceptors (Lipinski definition) is 2. The molecule has 2 aromatic carbocycles. The van der Waals surface area contributed by atoms with Gasteiger partial charge in [0.2, 0.25) is 0 Å². The Kier molecular flexibility index (Phi) is 21.0. The summed E-state index contributed by atoms with van der Waals surface area (Å²) in [7, 11) is 0. The normalized spacial score (nSPS) is 8.17. The van der Waals surface area contributed by atoms with Gasteiger partial charge in [0.15, 0.2) is 0 Å². The number of aromatic nitrogens is 2. The van der Waals surface area contributed by atoms with E-state index in [1.54, 1.807) is 12.4 Å². The molecule has 146 valence electrons. The summed E-state index contributed by atoms with van der Waals surface area (Å²) >= 11 is 6.02. The molecule has 0 N–H and O–H groups in total. The fourth-order valence-corrected chi connectivity index (χ4v) is 2.50. The molecular formula is C23H20Cl3LiMgN2. The fraction of sp³-hybridized carbons (Fsp3) is 0.0435. The maximum absolute atomic E-state index is 6.02. The Morgan fingerprint density at radius 1 is 0.667 bits per heavy atom. The molecule has 2 aromatic heterocycles. The van der Waals surface area contributed by atoms with Gasteiger partial charge in [0, 0.05) is 23.0 Å². The molecule has 0 aliphatic rings. The van der Waals surface area contributed by atoms with Crippen LogP contribution < -0.4 is 43.7 Å². The van der Waals surface area contributed by atoms with Gasteiger partial charge in [-0.2, -0.15) is 0 Å². The first-order valence-electron chi connectivity index (χ1n) is 7.88. The van der Waals surface area contributed by atoms with Crippen molar-refractivity contribution in [1.82, 2.24) is 9.97 Å². The standard InChI is InChI=1S/C11H8ClN.C11H8N.CH4.2ClH.Li.Mg/c12-10-6-2-1-5-9(10)11-7-3-4-8-13-11;1-2-6-10(7-3-1)11-8-4-5-9-12-11;;;;;/h1-8H;1-6,8-9H;1H4;2*1H;;/q;-1;;;;+1;+2/p-2. The summed E-state index contributed by atoms with van der Waals surface area (Å²) in [5, 5.41) is 0.737. The molecule has 0 spiro atoms. The molecule has 0 fully saturated rings. The number of pyridine rings is 2. The summed E-state index contributed by atoms with van der Waals surface area (Å²) in [5.41, 5.74) is 3.90. The molecular weight excluding hydrogens is 442 g/mol. The molecule has 0 aliphatic carbocycles. The van der Waals surface area contributed by atoms with Gasteiger partial charge in [-0.1, -0.05) is 55.4 Å². The van der Waals surface area contributed by atoms with Crippen molar-refractivity contribution in [1.29, 1.82) is 0 Å². The Hall–Kier alpha value is -1.03. The number of benzene rings is 2. The summed E-state index contributed by atoms with van der Waals surface area (Å²) < 4.78 is 0. The van der Waals surface area contributed by atoms with Crippen molar-refractivity contribution in [3.63, 3.8) is 0 Å². The van der Waals surface area contributed by atoms with Crippen molar-refractivity contribution in [3.05, 3.63) is 108 Å². The molecule has 0 unspecified atom stereocenters. The maximum atomic E-state index is 6.02. The van der Waals surface area contributed by atoms with Crippen LogP contribution in [0.1, 0.15) is 7.43 Å². The van der Waals surface area contributed by atoms with Crippen molar-refractivity contribution in [3.8, 4) is 22.5 Å². The van der Waals surface area contributed by atoms with E-state index in [1.165, 1.54) is 0 Å². The SMILES string of the molecule is C.Clc1ccccc1-c1ccccn1.[Cl-].[Cl-].[Li+].[Mg+2].[c-]1ccccc1-c1ccccn1. The van der Waals surface area contributed by atoms with Gasteiger partial charge >= 0.3 is 41.9 Å². The molecule has 0 saturated carbocycles. The predicted molar refractivity (Wildman–Crippen MR) is 116 cm³/mol. The first-order valence-corrected chi connectivity index (χ1v) is 8.26. The largest absolute Gasteiger partial charge is 2.00 e. The topological polar surface area (TPSA) is 25.8 Å². The zero-order valence-electron chi connectivity index (χ0n) is 16.0. The molecule has 0 amide bonds. The minimum Gasteiger partial charge on any atom is -1.00 e. The minimum absolute atomic E-state index is 0. The van der Waals surface area contributed by atoms with Gasteiger partial charge in [-0.15, -0.1) is 35.9 Å². The third kappa shape index (κ3) is 10.3. The van der Waals surface area contributed by atoms with Gasteiger partial charge < -0.3 is 29.8 Å². The zero-order valence-corrected chi connectivity index (χ0v) is 19.7. The molecule has 0 bridgehead atoms. The van der Waals surface area contributed by atoms with Crippen LogP contribution in [-0.4, -0.2) is 33.0 Å². The van der Waals surface area contributed by atoms with E-state index in [0.717, 1.165) is 27.5 Å². The zero-order chi connectivity index (χ0) is 17.3. The fourth-order valence-electron chi connectivity index (χ4n) is 2.27. The van der Waals surface area contributed by atoms with Gasteiger partial charge in [0.25, 0.3) is 0 Å². The van der Waals surface area contributed by atoms with Crippen LogP contribution in [0.2, 0.25) is 5.02 Å². The second kappa shape index (κ2) is 18.7. The van der Waals surface area contributed by atoms with Crippen LogP contribution >= 0.6 is 11.6 Å². The Morgan fingerprint density at radius 2 is 1.20 bits per heavy atom. The van der Waals surface area contributed by atoms with Gasteiger partial charge in [0.05, 0.1) is 5.69 Å². The number of halogens is 3. The molecule has 0 radical (unpaired) electrons. The molecule has 0 aliphatic heterocycles. The summed E-state index contributed by atoms with van der Waals surface area (Å²) in [5.74, 6) is 0. The summed E-state index contributed by atoms with van der Waals surface area (Å²) in [6, 6.07) is 30.3. The molecule has 7 heteroatoms. The first kappa shape index (κ1) is 33.6. The van der Waals surface area contributed by atoms with Crippen LogP contribution in [0.15, 0.2) is 97.3 Å². The summed E-state index contributed by atoms with van der Waals surface area (Å²) in [6.07, 6.45) is 3.55. The van der Waals surface area contributed by atoms with Gasteiger partial charge in [-0.3, -0.25) is 4.98 Å². The van der Waals surface area contributed by atoms with E-state index < -0.39 is 0 Å². The van der Waals surface area contributed by atoms with Crippen molar-refractivity contribution >= 4 is 34.7 Å². The van der Waals surface area contributed by atoms with Crippen LogP contribution in [0.5, 0.6) is 0 Å². The van der Waals surface area contributed by atoms with Crippen LogP contribution in [-0.2, 0) is 0 Å². The quantitative estimate of drug-likeness (QED) is 0.238. The van der Waals surface area contributed by atoms with Crippen molar-refractivity contribution in [2.24, 2.45) is 0 Å². The molecule has 4 aromatic rings. The van der Waals surface area contributed by atoms with E-state index in [1.807, 2.05) is 84.9 Å². The third-order valence-corrected chi connectivity index (χ3v) is 3.79. The van der Waals surface area contributed by atoms with Crippen molar-refractivity contribution < 1.29 is 43.7 Å².